The van der Waals surface area contributed by atoms with Gasteiger partial charge in [-0.1, -0.05) is 20.8 Å². The van der Waals surface area contributed by atoms with Crippen LogP contribution in [0.15, 0.2) is 0 Å². The van der Waals surface area contributed by atoms with Crippen molar-refractivity contribution in [3.63, 3.8) is 0 Å². The normalized spacial score (nSPS) is 31.8. The molecule has 1 fully saturated rings. The van der Waals surface area contributed by atoms with Crippen molar-refractivity contribution >= 4 is 0 Å². The molecule has 0 aromatic rings. The van der Waals surface area contributed by atoms with Gasteiger partial charge in [0.1, 0.15) is 0 Å². The van der Waals surface area contributed by atoms with Crippen molar-refractivity contribution in [1.82, 2.24) is 5.32 Å². The van der Waals surface area contributed by atoms with Crippen LogP contribution < -0.4 is 11.1 Å². The van der Waals surface area contributed by atoms with E-state index in [1.54, 1.807) is 0 Å². The Bertz CT molecular complexity index is 128. The molecule has 0 bridgehead atoms. The van der Waals surface area contributed by atoms with Gasteiger partial charge in [0.2, 0.25) is 0 Å². The van der Waals surface area contributed by atoms with Crippen LogP contribution in [0.4, 0.5) is 0 Å². The van der Waals surface area contributed by atoms with Crippen LogP contribution in [-0.2, 0) is 0 Å². The average molecular weight is 170 g/mol. The zero-order chi connectivity index (χ0) is 9.14. The molecule has 0 radical (unpaired) electrons. The smallest absolute Gasteiger partial charge is 0.00992 e. The first-order valence-electron chi connectivity index (χ1n) is 5.15. The molecule has 1 atom stereocenters. The van der Waals surface area contributed by atoms with E-state index < -0.39 is 0 Å². The third kappa shape index (κ3) is 2.46. The van der Waals surface area contributed by atoms with Crippen molar-refractivity contribution in [2.45, 2.75) is 58.2 Å². The summed E-state index contributed by atoms with van der Waals surface area (Å²) in [6.45, 7) is 6.80. The van der Waals surface area contributed by atoms with Gasteiger partial charge in [-0.05, 0) is 25.2 Å². The molecule has 0 aromatic carbocycles. The monoisotopic (exact) mass is 170 g/mol. The Labute approximate surface area is 75.9 Å². The van der Waals surface area contributed by atoms with Gasteiger partial charge in [0.15, 0.2) is 0 Å². The van der Waals surface area contributed by atoms with Crippen molar-refractivity contribution in [3.8, 4) is 0 Å². The Morgan fingerprint density at radius 2 is 2.00 bits per heavy atom. The fraction of sp³-hybridized carbons (Fsp3) is 1.00. The molecule has 1 saturated carbocycles. The summed E-state index contributed by atoms with van der Waals surface area (Å²) in [6, 6.07) is 1.85. The van der Waals surface area contributed by atoms with Gasteiger partial charge in [0, 0.05) is 18.1 Å². The maximum absolute atomic E-state index is 5.72. The largest absolute Gasteiger partial charge is 0.328 e. The van der Waals surface area contributed by atoms with E-state index in [1.807, 2.05) is 0 Å². The second-order valence-electron chi connectivity index (χ2n) is 4.35. The van der Waals surface area contributed by atoms with Crippen LogP contribution in [0.25, 0.3) is 0 Å². The van der Waals surface area contributed by atoms with Crippen LogP contribution >= 0.6 is 0 Å². The van der Waals surface area contributed by atoms with E-state index in [0.717, 1.165) is 5.92 Å². The highest BCUT2D eigenvalue weighted by Gasteiger charge is 2.27. The number of hydrogen-bond acceptors (Lipinski definition) is 2. The summed E-state index contributed by atoms with van der Waals surface area (Å²) < 4.78 is 0. The molecular weight excluding hydrogens is 148 g/mol. The highest BCUT2D eigenvalue weighted by molar-refractivity contribution is 4.89. The van der Waals surface area contributed by atoms with Crippen molar-refractivity contribution in [2.75, 3.05) is 0 Å². The second kappa shape index (κ2) is 4.24. The Balaban J connectivity index is 2.19. The van der Waals surface area contributed by atoms with Crippen molar-refractivity contribution in [1.29, 1.82) is 0 Å². The number of rotatable bonds is 4. The third-order valence-electron chi connectivity index (χ3n) is 2.87. The van der Waals surface area contributed by atoms with E-state index in [0.29, 0.717) is 18.1 Å². The second-order valence-corrected chi connectivity index (χ2v) is 4.35. The van der Waals surface area contributed by atoms with E-state index in [4.69, 9.17) is 5.73 Å². The Morgan fingerprint density at radius 3 is 2.33 bits per heavy atom. The van der Waals surface area contributed by atoms with Crippen LogP contribution in [0, 0.1) is 5.92 Å². The Kier molecular flexibility index (Phi) is 3.53. The van der Waals surface area contributed by atoms with E-state index in [2.05, 4.69) is 26.1 Å². The third-order valence-corrected chi connectivity index (χ3v) is 2.87. The lowest BCUT2D eigenvalue weighted by molar-refractivity contribution is 0.238. The SMILES string of the molecule is CCC(NC1CC(N)C1)C(C)C. The summed E-state index contributed by atoms with van der Waals surface area (Å²) >= 11 is 0. The zero-order valence-electron chi connectivity index (χ0n) is 8.51. The average Bonchev–Trinajstić information content (AvgIpc) is 1.95. The minimum absolute atomic E-state index is 0.465. The molecule has 0 saturated heterocycles. The molecule has 0 spiro atoms. The van der Waals surface area contributed by atoms with Crippen LogP contribution in [0.1, 0.15) is 40.0 Å². The van der Waals surface area contributed by atoms with Gasteiger partial charge in [-0.15, -0.1) is 0 Å². The van der Waals surface area contributed by atoms with Gasteiger partial charge in [0.05, 0.1) is 0 Å². The van der Waals surface area contributed by atoms with E-state index in [9.17, 15) is 0 Å². The quantitative estimate of drug-likeness (QED) is 0.671. The van der Waals surface area contributed by atoms with Crippen LogP contribution in [-0.4, -0.2) is 18.1 Å². The first-order chi connectivity index (χ1) is 5.63. The maximum Gasteiger partial charge on any atom is 0.00992 e. The van der Waals surface area contributed by atoms with Crippen molar-refractivity contribution in [3.05, 3.63) is 0 Å². The molecule has 1 rings (SSSR count). The summed E-state index contributed by atoms with van der Waals surface area (Å²) in [4.78, 5) is 0. The predicted octanol–water partition coefficient (Wildman–Crippen LogP) is 1.50. The number of hydrogen-bond donors (Lipinski definition) is 2. The topological polar surface area (TPSA) is 38.0 Å². The molecule has 1 aliphatic rings. The molecule has 12 heavy (non-hydrogen) atoms. The molecule has 72 valence electrons. The van der Waals surface area contributed by atoms with Gasteiger partial charge in [-0.2, -0.15) is 0 Å². The minimum atomic E-state index is 0.465. The summed E-state index contributed by atoms with van der Waals surface area (Å²) in [5, 5.41) is 3.65. The molecule has 0 aliphatic heterocycles. The molecule has 0 heterocycles. The maximum atomic E-state index is 5.72. The summed E-state index contributed by atoms with van der Waals surface area (Å²) in [6.07, 6.45) is 3.57. The van der Waals surface area contributed by atoms with Gasteiger partial charge >= 0.3 is 0 Å². The van der Waals surface area contributed by atoms with E-state index in [-0.39, 0.29) is 0 Å². The lowest BCUT2D eigenvalue weighted by Gasteiger charge is -2.37. The van der Waals surface area contributed by atoms with Crippen molar-refractivity contribution in [2.24, 2.45) is 11.7 Å². The molecule has 1 unspecified atom stereocenters. The molecule has 0 aromatic heterocycles. The van der Waals surface area contributed by atoms with E-state index >= 15 is 0 Å². The highest BCUT2D eigenvalue weighted by atomic mass is 15.0. The molecule has 2 heteroatoms. The van der Waals surface area contributed by atoms with Crippen LogP contribution in [0.5, 0.6) is 0 Å². The Morgan fingerprint density at radius 1 is 1.42 bits per heavy atom. The fourth-order valence-corrected chi connectivity index (χ4v) is 1.88. The van der Waals surface area contributed by atoms with Gasteiger partial charge in [0.25, 0.3) is 0 Å². The zero-order valence-corrected chi connectivity index (χ0v) is 8.51. The number of nitrogens with two attached hydrogens (primary N) is 1. The van der Waals surface area contributed by atoms with E-state index in [1.165, 1.54) is 19.3 Å². The molecular formula is C10H22N2. The van der Waals surface area contributed by atoms with Gasteiger partial charge in [-0.25, -0.2) is 0 Å². The molecule has 0 amide bonds. The predicted molar refractivity (Wildman–Crippen MR) is 53.1 cm³/mol. The number of nitrogens with one attached hydrogen (secondary N) is 1. The summed E-state index contributed by atoms with van der Waals surface area (Å²) in [5.74, 6) is 0.742. The van der Waals surface area contributed by atoms with Crippen LogP contribution in [0.3, 0.4) is 0 Å². The summed E-state index contributed by atoms with van der Waals surface area (Å²) in [7, 11) is 0. The molecule has 3 N–H and O–H groups in total. The van der Waals surface area contributed by atoms with Gasteiger partial charge in [-0.3, -0.25) is 0 Å². The minimum Gasteiger partial charge on any atom is -0.328 e. The standard InChI is InChI=1S/C10H22N2/c1-4-10(7(2)3)12-9-5-8(11)6-9/h7-10,12H,4-6,11H2,1-3H3. The van der Waals surface area contributed by atoms with Gasteiger partial charge < -0.3 is 11.1 Å². The summed E-state index contributed by atoms with van der Waals surface area (Å²) in [5.41, 5.74) is 5.72. The molecule has 1 aliphatic carbocycles. The Hall–Kier alpha value is -0.0800. The van der Waals surface area contributed by atoms with Crippen molar-refractivity contribution < 1.29 is 0 Å². The lowest BCUT2D eigenvalue weighted by Crippen LogP contribution is -2.52. The first-order valence-corrected chi connectivity index (χ1v) is 5.15. The lowest BCUT2D eigenvalue weighted by atomic mass is 9.86. The fourth-order valence-electron chi connectivity index (χ4n) is 1.88. The van der Waals surface area contributed by atoms with Crippen LogP contribution in [0.2, 0.25) is 0 Å². The highest BCUT2D eigenvalue weighted by Crippen LogP contribution is 2.20. The molecule has 2 nitrogen and oxygen atoms in total. The first kappa shape index (κ1) is 10.0.